The Morgan fingerprint density at radius 2 is 2.03 bits per heavy atom. The summed E-state index contributed by atoms with van der Waals surface area (Å²) in [4.78, 5) is 16.8. The van der Waals surface area contributed by atoms with E-state index in [0.29, 0.717) is 22.9 Å². The number of rotatable bonds is 6. The number of halogens is 1. The molecule has 0 aliphatic heterocycles. The molecule has 0 unspecified atom stereocenters. The van der Waals surface area contributed by atoms with Gasteiger partial charge in [0.15, 0.2) is 0 Å². The van der Waals surface area contributed by atoms with E-state index >= 15 is 0 Å². The summed E-state index contributed by atoms with van der Waals surface area (Å²) in [5, 5.41) is 5.19. The summed E-state index contributed by atoms with van der Waals surface area (Å²) in [6, 6.07) is 8.53. The smallest absolute Gasteiger partial charge is 0.223 e. The molecule has 4 aromatic rings. The summed E-state index contributed by atoms with van der Waals surface area (Å²) in [5.74, 6) is 2.23. The van der Waals surface area contributed by atoms with Gasteiger partial charge in [-0.1, -0.05) is 36.4 Å². The number of fused-ring (bicyclic) bond motifs is 1. The van der Waals surface area contributed by atoms with Gasteiger partial charge in [0.1, 0.15) is 5.82 Å². The molecule has 2 N–H and O–H groups in total. The van der Waals surface area contributed by atoms with Gasteiger partial charge in [0.05, 0.1) is 16.9 Å². The van der Waals surface area contributed by atoms with Crippen LogP contribution in [0.4, 0.5) is 5.95 Å². The highest BCUT2D eigenvalue weighted by Gasteiger charge is 2.23. The molecule has 1 fully saturated rings. The van der Waals surface area contributed by atoms with Crippen molar-refractivity contribution in [1.29, 1.82) is 0 Å². The van der Waals surface area contributed by atoms with Crippen LogP contribution in [0.15, 0.2) is 55.6 Å². The van der Waals surface area contributed by atoms with Crippen LogP contribution in [-0.4, -0.2) is 30.5 Å². The lowest BCUT2D eigenvalue weighted by atomic mass is 9.86. The Morgan fingerprint density at radius 3 is 2.87 bits per heavy atom. The normalized spacial score (nSPS) is 18.9. The molecule has 31 heavy (non-hydrogen) atoms. The number of para-hydroxylation sites is 1. The summed E-state index contributed by atoms with van der Waals surface area (Å²) in [6.45, 7) is 4.84. The Morgan fingerprint density at radius 1 is 1.19 bits per heavy atom. The van der Waals surface area contributed by atoms with Crippen molar-refractivity contribution in [3.8, 4) is 11.3 Å². The van der Waals surface area contributed by atoms with Crippen LogP contribution in [0.2, 0.25) is 5.02 Å². The minimum Gasteiger partial charge on any atom is -0.360 e. The van der Waals surface area contributed by atoms with E-state index in [1.54, 1.807) is 6.20 Å². The van der Waals surface area contributed by atoms with Gasteiger partial charge in [0.2, 0.25) is 5.95 Å². The molecular formula is C24H25ClN6. The van der Waals surface area contributed by atoms with Crippen molar-refractivity contribution in [3.05, 3.63) is 66.5 Å². The zero-order valence-corrected chi connectivity index (χ0v) is 18.0. The number of hydrogen-bond donors (Lipinski definition) is 2. The van der Waals surface area contributed by atoms with Crippen LogP contribution >= 0.6 is 11.6 Å². The summed E-state index contributed by atoms with van der Waals surface area (Å²) >= 11 is 6.46. The van der Waals surface area contributed by atoms with Crippen molar-refractivity contribution in [2.75, 3.05) is 5.32 Å². The van der Waals surface area contributed by atoms with E-state index in [1.807, 2.05) is 42.9 Å². The van der Waals surface area contributed by atoms with E-state index in [-0.39, 0.29) is 0 Å². The SMILES string of the molecule is C=Cc1nccn1CC1CCC(Nc2ncc(Cl)c(-c3c[nH]c4ccccc34)n2)CC1. The van der Waals surface area contributed by atoms with Crippen LogP contribution < -0.4 is 5.32 Å². The maximum Gasteiger partial charge on any atom is 0.223 e. The predicted octanol–water partition coefficient (Wildman–Crippen LogP) is 5.79. The zero-order chi connectivity index (χ0) is 21.2. The zero-order valence-electron chi connectivity index (χ0n) is 17.3. The quantitative estimate of drug-likeness (QED) is 0.404. The lowest BCUT2D eigenvalue weighted by molar-refractivity contribution is 0.302. The number of nitrogens with one attached hydrogen (secondary N) is 2. The Hall–Kier alpha value is -3.12. The molecule has 1 saturated carbocycles. The Kier molecular flexibility index (Phi) is 5.47. The van der Waals surface area contributed by atoms with Crippen molar-refractivity contribution in [3.63, 3.8) is 0 Å². The fraction of sp³-hybridized carbons (Fsp3) is 0.292. The second-order valence-electron chi connectivity index (χ2n) is 8.14. The van der Waals surface area contributed by atoms with Crippen LogP contribution in [-0.2, 0) is 6.54 Å². The molecular weight excluding hydrogens is 408 g/mol. The topological polar surface area (TPSA) is 71.4 Å². The van der Waals surface area contributed by atoms with Gasteiger partial charge in [0.25, 0.3) is 0 Å². The number of nitrogens with zero attached hydrogens (tertiary/aromatic N) is 4. The first-order chi connectivity index (χ1) is 15.2. The number of imidazole rings is 1. The average Bonchev–Trinajstić information content (AvgIpc) is 3.43. The first-order valence-electron chi connectivity index (χ1n) is 10.7. The molecule has 1 aromatic carbocycles. The van der Waals surface area contributed by atoms with Gasteiger partial charge in [-0.15, -0.1) is 0 Å². The van der Waals surface area contributed by atoms with Crippen molar-refractivity contribution < 1.29 is 0 Å². The molecule has 158 valence electrons. The highest BCUT2D eigenvalue weighted by atomic mass is 35.5. The summed E-state index contributed by atoms with van der Waals surface area (Å²) < 4.78 is 2.20. The minimum absolute atomic E-state index is 0.370. The predicted molar refractivity (Wildman–Crippen MR) is 126 cm³/mol. The fourth-order valence-corrected chi connectivity index (χ4v) is 4.70. The Balaban J connectivity index is 1.26. The van der Waals surface area contributed by atoms with E-state index < -0.39 is 0 Å². The standard InChI is InChI=1S/C24H25ClN6/c1-2-22-26-11-12-31(22)15-16-7-9-17(10-8-16)29-24-28-14-20(25)23(30-24)19-13-27-21-6-4-3-5-18(19)21/h2-6,11-14,16-17,27H,1,7-10,15H2,(H,28,29,30). The average molecular weight is 433 g/mol. The molecule has 3 aromatic heterocycles. The molecule has 5 rings (SSSR count). The number of aromatic nitrogens is 5. The molecule has 0 bridgehead atoms. The van der Waals surface area contributed by atoms with Crippen molar-refractivity contribution >= 4 is 34.5 Å². The van der Waals surface area contributed by atoms with E-state index in [1.165, 1.54) is 0 Å². The van der Waals surface area contributed by atoms with Crippen molar-refractivity contribution in [2.45, 2.75) is 38.3 Å². The van der Waals surface area contributed by atoms with Crippen molar-refractivity contribution in [2.24, 2.45) is 5.92 Å². The Labute approximate surface area is 186 Å². The van der Waals surface area contributed by atoms with E-state index in [4.69, 9.17) is 16.6 Å². The van der Waals surface area contributed by atoms with Gasteiger partial charge < -0.3 is 14.9 Å². The molecule has 6 nitrogen and oxygen atoms in total. The number of aromatic amines is 1. The number of benzene rings is 1. The number of H-pyrrole nitrogens is 1. The maximum atomic E-state index is 6.46. The summed E-state index contributed by atoms with van der Waals surface area (Å²) in [7, 11) is 0. The van der Waals surface area contributed by atoms with Crippen LogP contribution in [0.3, 0.4) is 0 Å². The third-order valence-corrected chi connectivity index (χ3v) is 6.43. The van der Waals surface area contributed by atoms with Crippen LogP contribution in [0.25, 0.3) is 28.2 Å². The van der Waals surface area contributed by atoms with E-state index in [9.17, 15) is 0 Å². The molecule has 1 aliphatic rings. The van der Waals surface area contributed by atoms with Gasteiger partial charge in [-0.2, -0.15) is 0 Å². The fourth-order valence-electron chi connectivity index (χ4n) is 4.51. The molecule has 0 radical (unpaired) electrons. The van der Waals surface area contributed by atoms with Crippen LogP contribution in [0, 0.1) is 5.92 Å². The molecule has 0 saturated heterocycles. The summed E-state index contributed by atoms with van der Waals surface area (Å²) in [6.07, 6.45) is 13.9. The maximum absolute atomic E-state index is 6.46. The second kappa shape index (κ2) is 8.55. The molecule has 3 heterocycles. The lowest BCUT2D eigenvalue weighted by Gasteiger charge is -2.29. The third-order valence-electron chi connectivity index (χ3n) is 6.15. The Bertz CT molecular complexity index is 1200. The van der Waals surface area contributed by atoms with Crippen LogP contribution in [0.1, 0.15) is 31.5 Å². The van der Waals surface area contributed by atoms with Crippen molar-refractivity contribution in [1.82, 2.24) is 24.5 Å². The molecule has 0 amide bonds. The lowest BCUT2D eigenvalue weighted by Crippen LogP contribution is -2.28. The first kappa shape index (κ1) is 19.8. The first-order valence-corrected chi connectivity index (χ1v) is 11.1. The van der Waals surface area contributed by atoms with Gasteiger partial charge in [-0.3, -0.25) is 0 Å². The molecule has 0 spiro atoms. The highest BCUT2D eigenvalue weighted by molar-refractivity contribution is 6.33. The minimum atomic E-state index is 0.370. The molecule has 0 atom stereocenters. The largest absolute Gasteiger partial charge is 0.360 e. The highest BCUT2D eigenvalue weighted by Crippen LogP contribution is 2.33. The number of hydrogen-bond acceptors (Lipinski definition) is 4. The monoisotopic (exact) mass is 432 g/mol. The second-order valence-corrected chi connectivity index (χ2v) is 8.55. The van der Waals surface area contributed by atoms with Gasteiger partial charge in [0, 0.05) is 47.6 Å². The van der Waals surface area contributed by atoms with E-state index in [0.717, 1.165) is 60.2 Å². The van der Waals surface area contributed by atoms with Gasteiger partial charge >= 0.3 is 0 Å². The van der Waals surface area contributed by atoms with E-state index in [2.05, 4.69) is 37.5 Å². The molecule has 1 aliphatic carbocycles. The van der Waals surface area contributed by atoms with Gasteiger partial charge in [-0.25, -0.2) is 15.0 Å². The van der Waals surface area contributed by atoms with Gasteiger partial charge in [-0.05, 0) is 43.7 Å². The summed E-state index contributed by atoms with van der Waals surface area (Å²) in [5.41, 5.74) is 2.81. The number of anilines is 1. The third kappa shape index (κ3) is 4.08. The molecule has 7 heteroatoms. The van der Waals surface area contributed by atoms with Crippen LogP contribution in [0.5, 0.6) is 0 Å².